The van der Waals surface area contributed by atoms with Gasteiger partial charge >= 0.3 is 0 Å². The SMILES string of the molecule is CCC(CC(C)C(=O)NCOC(C)C)C(N)=O. The maximum Gasteiger partial charge on any atom is 0.224 e. The molecule has 0 fully saturated rings. The van der Waals surface area contributed by atoms with E-state index in [2.05, 4.69) is 5.32 Å². The highest BCUT2D eigenvalue weighted by Crippen LogP contribution is 2.15. The summed E-state index contributed by atoms with van der Waals surface area (Å²) in [5.74, 6) is -0.916. The minimum Gasteiger partial charge on any atom is -0.369 e. The molecule has 0 aliphatic carbocycles. The van der Waals surface area contributed by atoms with Crippen molar-refractivity contribution in [3.05, 3.63) is 0 Å². The third-order valence-corrected chi connectivity index (χ3v) is 2.64. The van der Waals surface area contributed by atoms with Gasteiger partial charge < -0.3 is 15.8 Å². The monoisotopic (exact) mass is 244 g/mol. The second-order valence-electron chi connectivity index (χ2n) is 4.55. The molecule has 0 saturated heterocycles. The van der Waals surface area contributed by atoms with Crippen molar-refractivity contribution in [1.82, 2.24) is 5.32 Å². The summed E-state index contributed by atoms with van der Waals surface area (Å²) in [6.07, 6.45) is 1.23. The minimum atomic E-state index is -0.342. The van der Waals surface area contributed by atoms with Gasteiger partial charge in [0.25, 0.3) is 0 Å². The van der Waals surface area contributed by atoms with Crippen molar-refractivity contribution in [3.8, 4) is 0 Å². The Bertz CT molecular complexity index is 254. The quantitative estimate of drug-likeness (QED) is 0.625. The van der Waals surface area contributed by atoms with E-state index in [9.17, 15) is 9.59 Å². The molecule has 5 heteroatoms. The van der Waals surface area contributed by atoms with Crippen LogP contribution in [0.5, 0.6) is 0 Å². The maximum atomic E-state index is 11.7. The molecule has 0 bridgehead atoms. The van der Waals surface area contributed by atoms with Crippen LogP contribution < -0.4 is 11.1 Å². The molecule has 2 atom stereocenters. The summed E-state index contributed by atoms with van der Waals surface area (Å²) in [5, 5.41) is 2.67. The zero-order valence-corrected chi connectivity index (χ0v) is 11.2. The molecule has 0 aliphatic rings. The molecule has 0 spiro atoms. The molecule has 5 nitrogen and oxygen atoms in total. The van der Waals surface area contributed by atoms with Crippen LogP contribution in [0.2, 0.25) is 0 Å². The van der Waals surface area contributed by atoms with Crippen LogP contribution in [0.4, 0.5) is 0 Å². The minimum absolute atomic E-state index is 0.0830. The Morgan fingerprint density at radius 2 is 1.88 bits per heavy atom. The third kappa shape index (κ3) is 6.94. The number of amides is 2. The Balaban J connectivity index is 4.00. The molecule has 0 aromatic heterocycles. The molecule has 0 aromatic carbocycles. The highest BCUT2D eigenvalue weighted by molar-refractivity contribution is 5.80. The van der Waals surface area contributed by atoms with Crippen LogP contribution in [-0.2, 0) is 14.3 Å². The Hall–Kier alpha value is -1.10. The van der Waals surface area contributed by atoms with E-state index < -0.39 is 0 Å². The largest absolute Gasteiger partial charge is 0.369 e. The van der Waals surface area contributed by atoms with Gasteiger partial charge in [-0.25, -0.2) is 0 Å². The standard InChI is InChI=1S/C12H24N2O3/c1-5-10(11(13)15)6-9(4)12(16)14-7-17-8(2)3/h8-10H,5-7H2,1-4H3,(H2,13,15)(H,14,16). The van der Waals surface area contributed by atoms with E-state index in [1.165, 1.54) is 0 Å². The van der Waals surface area contributed by atoms with Crippen LogP contribution in [0.1, 0.15) is 40.5 Å². The van der Waals surface area contributed by atoms with E-state index in [1.807, 2.05) is 20.8 Å². The molecule has 0 aliphatic heterocycles. The number of ether oxygens (including phenoxy) is 1. The van der Waals surface area contributed by atoms with E-state index in [1.54, 1.807) is 6.92 Å². The molecule has 100 valence electrons. The van der Waals surface area contributed by atoms with Crippen LogP contribution in [0, 0.1) is 11.8 Å². The molecule has 0 heterocycles. The number of primary amides is 1. The molecule has 0 rings (SSSR count). The zero-order chi connectivity index (χ0) is 13.4. The lowest BCUT2D eigenvalue weighted by Crippen LogP contribution is -2.34. The summed E-state index contributed by atoms with van der Waals surface area (Å²) in [5.41, 5.74) is 5.24. The molecule has 0 aromatic rings. The molecular weight excluding hydrogens is 220 g/mol. The van der Waals surface area contributed by atoms with Gasteiger partial charge in [0.2, 0.25) is 11.8 Å². The number of rotatable bonds is 8. The Morgan fingerprint density at radius 3 is 2.29 bits per heavy atom. The Kier molecular flexibility index (Phi) is 7.54. The van der Waals surface area contributed by atoms with Crippen molar-refractivity contribution in [2.45, 2.75) is 46.6 Å². The summed E-state index contributed by atoms with van der Waals surface area (Å²) in [6.45, 7) is 7.68. The lowest BCUT2D eigenvalue weighted by Gasteiger charge is -2.17. The molecule has 3 N–H and O–H groups in total. The molecule has 17 heavy (non-hydrogen) atoms. The molecule has 2 unspecified atom stereocenters. The number of nitrogens with two attached hydrogens (primary N) is 1. The third-order valence-electron chi connectivity index (χ3n) is 2.64. The second-order valence-corrected chi connectivity index (χ2v) is 4.55. The Morgan fingerprint density at radius 1 is 1.29 bits per heavy atom. The Labute approximate surface area is 103 Å². The van der Waals surface area contributed by atoms with Gasteiger partial charge in [-0.05, 0) is 26.7 Å². The van der Waals surface area contributed by atoms with E-state index in [0.717, 1.165) is 0 Å². The van der Waals surface area contributed by atoms with E-state index in [0.29, 0.717) is 12.8 Å². The number of carbonyl (C=O) groups excluding carboxylic acids is 2. The van der Waals surface area contributed by atoms with Gasteiger partial charge in [-0.1, -0.05) is 13.8 Å². The molecule has 2 amide bonds. The first-order valence-electron chi connectivity index (χ1n) is 6.07. The van der Waals surface area contributed by atoms with Crippen LogP contribution >= 0.6 is 0 Å². The lowest BCUT2D eigenvalue weighted by atomic mass is 9.92. The summed E-state index contributed by atoms with van der Waals surface area (Å²) < 4.78 is 5.22. The van der Waals surface area contributed by atoms with Gasteiger partial charge in [0.15, 0.2) is 0 Å². The van der Waals surface area contributed by atoms with Gasteiger partial charge in [-0.3, -0.25) is 9.59 Å². The first-order chi connectivity index (χ1) is 7.88. The average Bonchev–Trinajstić information content (AvgIpc) is 2.24. The predicted octanol–water partition coefficient (Wildman–Crippen LogP) is 1.02. The van der Waals surface area contributed by atoms with Crippen molar-refractivity contribution >= 4 is 11.8 Å². The van der Waals surface area contributed by atoms with Crippen LogP contribution in [-0.4, -0.2) is 24.6 Å². The molecule has 0 radical (unpaired) electrons. The fourth-order valence-electron chi connectivity index (χ4n) is 1.47. The predicted molar refractivity (Wildman–Crippen MR) is 66.0 cm³/mol. The highest BCUT2D eigenvalue weighted by atomic mass is 16.5. The van der Waals surface area contributed by atoms with E-state index >= 15 is 0 Å². The average molecular weight is 244 g/mol. The fraction of sp³-hybridized carbons (Fsp3) is 0.833. The van der Waals surface area contributed by atoms with Crippen molar-refractivity contribution in [2.24, 2.45) is 17.6 Å². The summed E-state index contributed by atoms with van der Waals surface area (Å²) in [7, 11) is 0. The maximum absolute atomic E-state index is 11.7. The first-order valence-corrected chi connectivity index (χ1v) is 6.07. The van der Waals surface area contributed by atoms with Crippen molar-refractivity contribution in [1.29, 1.82) is 0 Å². The summed E-state index contributed by atoms with van der Waals surface area (Å²) in [6, 6.07) is 0. The van der Waals surface area contributed by atoms with E-state index in [-0.39, 0.29) is 36.5 Å². The van der Waals surface area contributed by atoms with E-state index in [4.69, 9.17) is 10.5 Å². The number of carbonyl (C=O) groups is 2. The van der Waals surface area contributed by atoms with Gasteiger partial charge in [0.05, 0.1) is 6.10 Å². The number of hydrogen-bond donors (Lipinski definition) is 2. The zero-order valence-electron chi connectivity index (χ0n) is 11.2. The molecule has 0 saturated carbocycles. The smallest absolute Gasteiger partial charge is 0.224 e. The molecular formula is C12H24N2O3. The van der Waals surface area contributed by atoms with Crippen molar-refractivity contribution in [2.75, 3.05) is 6.73 Å². The van der Waals surface area contributed by atoms with Gasteiger partial charge in [0.1, 0.15) is 6.73 Å². The normalized spacial score (nSPS) is 14.4. The topological polar surface area (TPSA) is 81.4 Å². The van der Waals surface area contributed by atoms with Crippen LogP contribution in [0.3, 0.4) is 0 Å². The first kappa shape index (κ1) is 15.9. The number of nitrogens with one attached hydrogen (secondary N) is 1. The fourth-order valence-corrected chi connectivity index (χ4v) is 1.47. The van der Waals surface area contributed by atoms with Crippen molar-refractivity contribution < 1.29 is 14.3 Å². The summed E-state index contributed by atoms with van der Waals surface area (Å²) in [4.78, 5) is 22.7. The highest BCUT2D eigenvalue weighted by Gasteiger charge is 2.21. The second kappa shape index (κ2) is 8.06. The summed E-state index contributed by atoms with van der Waals surface area (Å²) >= 11 is 0. The van der Waals surface area contributed by atoms with Gasteiger partial charge in [0, 0.05) is 11.8 Å². The van der Waals surface area contributed by atoms with Crippen molar-refractivity contribution in [3.63, 3.8) is 0 Å². The van der Waals surface area contributed by atoms with Crippen LogP contribution in [0.25, 0.3) is 0 Å². The lowest BCUT2D eigenvalue weighted by molar-refractivity contribution is -0.128. The van der Waals surface area contributed by atoms with Gasteiger partial charge in [-0.2, -0.15) is 0 Å². The van der Waals surface area contributed by atoms with Gasteiger partial charge in [-0.15, -0.1) is 0 Å². The van der Waals surface area contributed by atoms with Crippen LogP contribution in [0.15, 0.2) is 0 Å². The number of hydrogen-bond acceptors (Lipinski definition) is 3.